The van der Waals surface area contributed by atoms with E-state index in [-0.39, 0.29) is 24.3 Å². The van der Waals surface area contributed by atoms with Gasteiger partial charge in [-0.1, -0.05) is 30.3 Å². The number of nitrogens with zero attached hydrogens (tertiary/aromatic N) is 3. The van der Waals surface area contributed by atoms with E-state index < -0.39 is 5.56 Å². The van der Waals surface area contributed by atoms with Gasteiger partial charge in [-0.2, -0.15) is 5.10 Å². The minimum Gasteiger partial charge on any atom is -0.352 e. The van der Waals surface area contributed by atoms with Gasteiger partial charge < -0.3 is 5.32 Å². The molecule has 148 valence electrons. The predicted molar refractivity (Wildman–Crippen MR) is 109 cm³/mol. The molecular weight excluding hydrogens is 371 g/mol. The third-order valence-electron chi connectivity index (χ3n) is 4.97. The van der Waals surface area contributed by atoms with Crippen LogP contribution in [0.4, 0.5) is 4.39 Å². The van der Waals surface area contributed by atoms with Crippen molar-refractivity contribution < 1.29 is 9.18 Å². The second kappa shape index (κ2) is 7.87. The molecule has 0 saturated carbocycles. The molecule has 7 heteroatoms. The molecule has 6 nitrogen and oxygen atoms in total. The Bertz CT molecular complexity index is 1230. The molecular formula is C22H21FN4O2. The van der Waals surface area contributed by atoms with Crippen molar-refractivity contribution in [1.29, 1.82) is 0 Å². The summed E-state index contributed by atoms with van der Waals surface area (Å²) in [4.78, 5) is 25.1. The second-order valence-corrected chi connectivity index (χ2v) is 7.19. The highest BCUT2D eigenvalue weighted by atomic mass is 19.1. The topological polar surface area (TPSA) is 68.4 Å². The molecule has 0 radical (unpaired) electrons. The first-order chi connectivity index (χ1) is 14.0. The maximum absolute atomic E-state index is 13.4. The van der Waals surface area contributed by atoms with Crippen molar-refractivity contribution in [1.82, 2.24) is 19.5 Å². The van der Waals surface area contributed by atoms with Crippen LogP contribution in [0.5, 0.6) is 0 Å². The van der Waals surface area contributed by atoms with E-state index in [0.717, 1.165) is 17.5 Å². The molecule has 1 unspecified atom stereocenters. The third kappa shape index (κ3) is 4.03. The lowest BCUT2D eigenvalue weighted by molar-refractivity contribution is -0.122. The summed E-state index contributed by atoms with van der Waals surface area (Å²) in [6.45, 7) is 1.77. The van der Waals surface area contributed by atoms with Crippen LogP contribution in [0.15, 0.2) is 65.7 Å². The molecule has 4 rings (SSSR count). The predicted octanol–water partition coefficient (Wildman–Crippen LogP) is 2.93. The monoisotopic (exact) mass is 392 g/mol. The first-order valence-corrected chi connectivity index (χ1v) is 9.51. The Balaban J connectivity index is 1.45. The molecule has 0 fully saturated rings. The molecule has 1 atom stereocenters. The lowest BCUT2D eigenvalue weighted by Gasteiger charge is -2.14. The van der Waals surface area contributed by atoms with Gasteiger partial charge in [-0.3, -0.25) is 14.0 Å². The van der Waals surface area contributed by atoms with Crippen LogP contribution in [-0.2, 0) is 17.8 Å². The normalized spacial score (nSPS) is 12.3. The summed E-state index contributed by atoms with van der Waals surface area (Å²) in [6, 6.07) is 16.0. The van der Waals surface area contributed by atoms with Gasteiger partial charge in [0.25, 0.3) is 5.56 Å². The van der Waals surface area contributed by atoms with Gasteiger partial charge in [0.05, 0.1) is 5.52 Å². The minimum atomic E-state index is -0.392. The summed E-state index contributed by atoms with van der Waals surface area (Å²) in [7, 11) is 0. The highest BCUT2D eigenvalue weighted by molar-refractivity contribution is 5.86. The van der Waals surface area contributed by atoms with Crippen LogP contribution in [0.2, 0.25) is 0 Å². The number of carbonyl (C=O) groups excluding carboxylic acids is 1. The number of nitrogens with one attached hydrogen (secondary N) is 1. The fraction of sp³-hybridized carbons (Fsp3) is 0.227. The zero-order valence-corrected chi connectivity index (χ0v) is 16.0. The SMILES string of the molecule is CC(CCc1ccccc1)NC(=O)Cn1ncn2c(cc3cc(F)ccc32)c1=O. The number of rotatable bonds is 6. The Morgan fingerprint density at radius 2 is 1.93 bits per heavy atom. The number of hydrogen-bond donors (Lipinski definition) is 1. The van der Waals surface area contributed by atoms with Crippen molar-refractivity contribution in [2.45, 2.75) is 32.4 Å². The molecule has 1 N–H and O–H groups in total. The smallest absolute Gasteiger partial charge is 0.291 e. The van der Waals surface area contributed by atoms with Gasteiger partial charge in [0.1, 0.15) is 24.2 Å². The Hall–Kier alpha value is -3.48. The standard InChI is InChI=1S/C22H21FN4O2/c1-15(7-8-16-5-3-2-4-6-16)25-21(28)13-27-22(29)20-12-17-11-18(23)9-10-19(17)26(20)14-24-27/h2-6,9-12,14-15H,7-8,13H2,1H3,(H,25,28). The molecule has 0 aliphatic heterocycles. The van der Waals surface area contributed by atoms with Gasteiger partial charge >= 0.3 is 0 Å². The summed E-state index contributed by atoms with van der Waals surface area (Å²) in [5.41, 5.74) is 1.87. The number of halogens is 1. The number of amides is 1. The molecule has 2 heterocycles. The molecule has 0 spiro atoms. The van der Waals surface area contributed by atoms with Gasteiger partial charge in [-0.05, 0) is 49.6 Å². The molecule has 2 aromatic heterocycles. The fourth-order valence-electron chi connectivity index (χ4n) is 3.46. The largest absolute Gasteiger partial charge is 0.352 e. The average Bonchev–Trinajstić information content (AvgIpc) is 3.07. The quantitative estimate of drug-likeness (QED) is 0.549. The van der Waals surface area contributed by atoms with Crippen molar-refractivity contribution in [3.63, 3.8) is 0 Å². The number of aromatic nitrogens is 3. The van der Waals surface area contributed by atoms with Crippen LogP contribution in [0, 0.1) is 5.82 Å². The van der Waals surface area contributed by atoms with Gasteiger partial charge in [0, 0.05) is 11.4 Å². The van der Waals surface area contributed by atoms with Crippen LogP contribution in [0.3, 0.4) is 0 Å². The zero-order chi connectivity index (χ0) is 20.4. The maximum atomic E-state index is 13.4. The molecule has 1 amide bonds. The van der Waals surface area contributed by atoms with E-state index in [1.54, 1.807) is 16.5 Å². The van der Waals surface area contributed by atoms with Crippen molar-refractivity contribution in [3.05, 3.63) is 82.7 Å². The molecule has 0 aliphatic rings. The van der Waals surface area contributed by atoms with Crippen molar-refractivity contribution in [2.24, 2.45) is 0 Å². The minimum absolute atomic E-state index is 0.0268. The van der Waals surface area contributed by atoms with Gasteiger partial charge in [-0.15, -0.1) is 0 Å². The van der Waals surface area contributed by atoms with Crippen LogP contribution in [0.1, 0.15) is 18.9 Å². The van der Waals surface area contributed by atoms with E-state index in [0.29, 0.717) is 16.4 Å². The highest BCUT2D eigenvalue weighted by Crippen LogP contribution is 2.18. The molecule has 2 aromatic carbocycles. The van der Waals surface area contributed by atoms with Crippen LogP contribution >= 0.6 is 0 Å². The summed E-state index contributed by atoms with van der Waals surface area (Å²) in [6.07, 6.45) is 3.13. The fourth-order valence-corrected chi connectivity index (χ4v) is 3.46. The van der Waals surface area contributed by atoms with E-state index in [1.165, 1.54) is 24.0 Å². The van der Waals surface area contributed by atoms with Gasteiger partial charge in [0.15, 0.2) is 0 Å². The molecule has 4 aromatic rings. The maximum Gasteiger partial charge on any atom is 0.291 e. The van der Waals surface area contributed by atoms with E-state index in [1.807, 2.05) is 25.1 Å². The highest BCUT2D eigenvalue weighted by Gasteiger charge is 2.13. The van der Waals surface area contributed by atoms with Crippen LogP contribution < -0.4 is 10.9 Å². The Kier molecular flexibility index (Phi) is 5.12. The van der Waals surface area contributed by atoms with Gasteiger partial charge in [-0.25, -0.2) is 9.07 Å². The van der Waals surface area contributed by atoms with Gasteiger partial charge in [0.2, 0.25) is 5.91 Å². The molecule has 0 bridgehead atoms. The Morgan fingerprint density at radius 1 is 1.14 bits per heavy atom. The average molecular weight is 392 g/mol. The molecule has 29 heavy (non-hydrogen) atoms. The first-order valence-electron chi connectivity index (χ1n) is 9.51. The molecule has 0 aliphatic carbocycles. The number of aryl methyl sites for hydroxylation is 1. The van der Waals surface area contributed by atoms with Crippen LogP contribution in [0.25, 0.3) is 16.4 Å². The lowest BCUT2D eigenvalue weighted by Crippen LogP contribution is -2.38. The molecule has 0 saturated heterocycles. The summed E-state index contributed by atoms with van der Waals surface area (Å²) in [5.74, 6) is -0.641. The van der Waals surface area contributed by atoms with Crippen LogP contribution in [-0.4, -0.2) is 26.1 Å². The second-order valence-electron chi connectivity index (χ2n) is 7.19. The Morgan fingerprint density at radius 3 is 2.72 bits per heavy atom. The van der Waals surface area contributed by atoms with E-state index in [9.17, 15) is 14.0 Å². The summed E-state index contributed by atoms with van der Waals surface area (Å²) >= 11 is 0. The summed E-state index contributed by atoms with van der Waals surface area (Å²) in [5, 5.41) is 7.63. The van der Waals surface area contributed by atoms with Crippen molar-refractivity contribution in [2.75, 3.05) is 0 Å². The lowest BCUT2D eigenvalue weighted by atomic mass is 10.1. The number of carbonyl (C=O) groups is 1. The zero-order valence-electron chi connectivity index (χ0n) is 16.0. The third-order valence-corrected chi connectivity index (χ3v) is 4.97. The first kappa shape index (κ1) is 18.9. The van der Waals surface area contributed by atoms with E-state index >= 15 is 0 Å². The number of benzene rings is 2. The van der Waals surface area contributed by atoms with E-state index in [4.69, 9.17) is 0 Å². The Labute approximate surface area is 166 Å². The van der Waals surface area contributed by atoms with Crippen molar-refractivity contribution >= 4 is 22.3 Å². The van der Waals surface area contributed by atoms with E-state index in [2.05, 4.69) is 22.5 Å². The number of fused-ring (bicyclic) bond motifs is 3. The number of hydrogen-bond acceptors (Lipinski definition) is 3. The van der Waals surface area contributed by atoms with Crippen molar-refractivity contribution in [3.8, 4) is 0 Å². The summed E-state index contributed by atoms with van der Waals surface area (Å²) < 4.78 is 16.2.